The van der Waals surface area contributed by atoms with Crippen molar-refractivity contribution in [1.29, 1.82) is 0 Å². The second kappa shape index (κ2) is 15.0. The van der Waals surface area contributed by atoms with Gasteiger partial charge in [-0.25, -0.2) is 0 Å². The van der Waals surface area contributed by atoms with Crippen molar-refractivity contribution in [3.63, 3.8) is 0 Å². The molecule has 0 amide bonds. The van der Waals surface area contributed by atoms with Gasteiger partial charge < -0.3 is 0 Å². The summed E-state index contributed by atoms with van der Waals surface area (Å²) in [7, 11) is 0. The predicted octanol–water partition coefficient (Wildman–Crippen LogP) is 9.39. The van der Waals surface area contributed by atoms with Crippen molar-refractivity contribution >= 4 is 20.8 Å². The van der Waals surface area contributed by atoms with Crippen LogP contribution in [-0.2, 0) is 0 Å². The summed E-state index contributed by atoms with van der Waals surface area (Å²) in [5.41, 5.74) is 0. The van der Waals surface area contributed by atoms with Crippen LogP contribution >= 0.6 is 20.8 Å². The first-order chi connectivity index (χ1) is 11.5. The van der Waals surface area contributed by atoms with E-state index in [4.69, 9.17) is 0 Å². The van der Waals surface area contributed by atoms with Crippen molar-refractivity contribution in [3.8, 4) is 0 Å². The molecule has 0 unspecified atom stereocenters. The standard InChI is InChI=1S/C22H48BrP/c1-5-9-11-13-15-17-19-21-24(23,7-3,8-4)22-20-18-16-14-12-10-6-2/h5-22H2,1-4H3. The Labute approximate surface area is 163 Å². The summed E-state index contributed by atoms with van der Waals surface area (Å²) in [5.74, 6) is 0. The first-order valence-corrected chi connectivity index (χ1v) is 16.3. The molecule has 0 aromatic rings. The molecule has 0 aliphatic heterocycles. The van der Waals surface area contributed by atoms with Crippen LogP contribution in [0.3, 0.4) is 0 Å². The molecule has 0 bridgehead atoms. The van der Waals surface area contributed by atoms with Gasteiger partial charge in [0.1, 0.15) is 0 Å². The molecule has 0 fully saturated rings. The van der Waals surface area contributed by atoms with Gasteiger partial charge in [-0.15, -0.1) is 0 Å². The van der Waals surface area contributed by atoms with E-state index in [1.54, 1.807) is 0 Å². The van der Waals surface area contributed by atoms with Gasteiger partial charge in [-0.1, -0.05) is 0 Å². The first-order valence-electron chi connectivity index (χ1n) is 11.3. The summed E-state index contributed by atoms with van der Waals surface area (Å²) < 4.78 is 0. The minimum atomic E-state index is -1.56. The molecular weight excluding hydrogens is 375 g/mol. The maximum atomic E-state index is 4.41. The van der Waals surface area contributed by atoms with Crippen LogP contribution < -0.4 is 0 Å². The van der Waals surface area contributed by atoms with Crippen LogP contribution in [0.1, 0.15) is 118 Å². The number of hydrogen-bond acceptors (Lipinski definition) is 0. The van der Waals surface area contributed by atoms with Gasteiger partial charge in [0.25, 0.3) is 0 Å². The summed E-state index contributed by atoms with van der Waals surface area (Å²) in [5, 5.41) is -1.56. The van der Waals surface area contributed by atoms with E-state index >= 15 is 0 Å². The molecule has 0 atom stereocenters. The number of hydrogen-bond donors (Lipinski definition) is 0. The van der Waals surface area contributed by atoms with Gasteiger partial charge in [-0.2, -0.15) is 0 Å². The summed E-state index contributed by atoms with van der Waals surface area (Å²) >= 11 is 4.41. The third-order valence-electron chi connectivity index (χ3n) is 6.22. The summed E-state index contributed by atoms with van der Waals surface area (Å²) in [6.07, 6.45) is 26.0. The summed E-state index contributed by atoms with van der Waals surface area (Å²) in [6, 6.07) is 0. The Morgan fingerprint density at radius 3 is 1.04 bits per heavy atom. The molecule has 2 heteroatoms. The second-order valence-electron chi connectivity index (χ2n) is 8.14. The van der Waals surface area contributed by atoms with E-state index in [0.717, 1.165) is 0 Å². The molecule has 24 heavy (non-hydrogen) atoms. The normalized spacial score (nSPS) is 13.8. The van der Waals surface area contributed by atoms with E-state index in [0.29, 0.717) is 0 Å². The number of halogens is 1. The van der Waals surface area contributed by atoms with Crippen molar-refractivity contribution in [2.24, 2.45) is 0 Å². The molecule has 0 aromatic heterocycles. The van der Waals surface area contributed by atoms with E-state index in [-0.39, 0.29) is 0 Å². The zero-order chi connectivity index (χ0) is 18.2. The van der Waals surface area contributed by atoms with Gasteiger partial charge in [0, 0.05) is 0 Å². The number of unbranched alkanes of at least 4 members (excludes halogenated alkanes) is 12. The van der Waals surface area contributed by atoms with Crippen molar-refractivity contribution < 1.29 is 0 Å². The molecule has 0 N–H and O–H groups in total. The Hall–Kier alpha value is 0.910. The van der Waals surface area contributed by atoms with Crippen molar-refractivity contribution in [1.82, 2.24) is 0 Å². The third kappa shape index (κ3) is 11.5. The topological polar surface area (TPSA) is 0 Å². The molecule has 0 spiro atoms. The van der Waals surface area contributed by atoms with E-state index in [1.807, 2.05) is 0 Å². The molecule has 0 aliphatic carbocycles. The average molecular weight is 424 g/mol. The Morgan fingerprint density at radius 1 is 0.458 bits per heavy atom. The minimum absolute atomic E-state index is 1.36. The molecule has 0 heterocycles. The monoisotopic (exact) mass is 422 g/mol. The predicted molar refractivity (Wildman–Crippen MR) is 123 cm³/mol. The fourth-order valence-corrected chi connectivity index (χ4v) is 9.36. The molecule has 0 saturated carbocycles. The SMILES string of the molecule is CCCCCCCCCP(Br)(CC)(CC)CCCCCCCCC. The zero-order valence-electron chi connectivity index (χ0n) is 17.6. The quantitative estimate of drug-likeness (QED) is 0.152. The molecule has 0 aliphatic rings. The van der Waals surface area contributed by atoms with Crippen LogP contribution in [0.5, 0.6) is 0 Å². The van der Waals surface area contributed by atoms with E-state index in [2.05, 4.69) is 43.2 Å². The molecule has 0 rings (SSSR count). The van der Waals surface area contributed by atoms with E-state index < -0.39 is 5.31 Å². The average Bonchev–Trinajstić information content (AvgIpc) is 2.60. The van der Waals surface area contributed by atoms with Gasteiger partial charge in [0.05, 0.1) is 0 Å². The fourth-order valence-electron chi connectivity index (χ4n) is 3.90. The molecule has 148 valence electrons. The molecule has 0 saturated heterocycles. The summed E-state index contributed by atoms with van der Waals surface area (Å²) in [6.45, 7) is 9.53. The molecule has 0 radical (unpaired) electrons. The van der Waals surface area contributed by atoms with Gasteiger partial charge in [-0.05, 0) is 0 Å². The van der Waals surface area contributed by atoms with Gasteiger partial charge in [-0.3, -0.25) is 0 Å². The number of rotatable bonds is 18. The first kappa shape index (κ1) is 24.9. The van der Waals surface area contributed by atoms with Crippen molar-refractivity contribution in [2.45, 2.75) is 118 Å². The molecule has 0 nitrogen and oxygen atoms in total. The van der Waals surface area contributed by atoms with Crippen LogP contribution in [-0.4, -0.2) is 24.6 Å². The van der Waals surface area contributed by atoms with Crippen LogP contribution in [0, 0.1) is 0 Å². The van der Waals surface area contributed by atoms with Crippen LogP contribution in [0.25, 0.3) is 0 Å². The fraction of sp³-hybridized carbons (Fsp3) is 1.00. The Bertz CT molecular complexity index is 251. The van der Waals surface area contributed by atoms with E-state index in [9.17, 15) is 0 Å². The van der Waals surface area contributed by atoms with E-state index in [1.165, 1.54) is 115 Å². The molecular formula is C22H48BrP. The van der Waals surface area contributed by atoms with Crippen molar-refractivity contribution in [2.75, 3.05) is 24.6 Å². The Kier molecular flexibility index (Phi) is 15.6. The molecule has 0 aromatic carbocycles. The van der Waals surface area contributed by atoms with Gasteiger partial charge in [0.15, 0.2) is 0 Å². The van der Waals surface area contributed by atoms with Crippen LogP contribution in [0.4, 0.5) is 0 Å². The van der Waals surface area contributed by atoms with Gasteiger partial charge >= 0.3 is 163 Å². The Balaban J connectivity index is 4.01. The second-order valence-corrected chi connectivity index (χ2v) is 20.0. The summed E-state index contributed by atoms with van der Waals surface area (Å²) in [4.78, 5) is 0. The van der Waals surface area contributed by atoms with Crippen molar-refractivity contribution in [3.05, 3.63) is 0 Å². The van der Waals surface area contributed by atoms with Gasteiger partial charge in [0.2, 0.25) is 0 Å². The third-order valence-corrected chi connectivity index (χ3v) is 17.4. The van der Waals surface area contributed by atoms with Crippen LogP contribution in [0.2, 0.25) is 0 Å². The Morgan fingerprint density at radius 2 is 0.750 bits per heavy atom. The van der Waals surface area contributed by atoms with Crippen LogP contribution in [0.15, 0.2) is 0 Å². The maximum absolute atomic E-state index is 4.41. The zero-order valence-corrected chi connectivity index (χ0v) is 20.0.